The van der Waals surface area contributed by atoms with Gasteiger partial charge in [-0.3, -0.25) is 0 Å². The second-order valence-electron chi connectivity index (χ2n) is 3.83. The van der Waals surface area contributed by atoms with Gasteiger partial charge in [-0.2, -0.15) is 0 Å². The Morgan fingerprint density at radius 2 is 1.24 bits per heavy atom. The molecule has 0 aliphatic rings. The van der Waals surface area contributed by atoms with E-state index in [9.17, 15) is 0 Å². The van der Waals surface area contributed by atoms with E-state index in [2.05, 4.69) is 27.0 Å². The normalized spacial score (nSPS) is 9.18. The lowest BCUT2D eigenvalue weighted by atomic mass is 10.2. The molecule has 102 valence electrons. The first kappa shape index (κ1) is 18.6. The molecule has 0 radical (unpaired) electrons. The van der Waals surface area contributed by atoms with Crippen molar-refractivity contribution in [3.63, 3.8) is 0 Å². The molecular formula is C14H28O3. The number of aliphatic hydroxyl groups is 2. The van der Waals surface area contributed by atoms with Crippen LogP contribution < -0.4 is 0 Å². The summed E-state index contributed by atoms with van der Waals surface area (Å²) in [6.07, 6.45) is 6.59. The van der Waals surface area contributed by atoms with Gasteiger partial charge < -0.3 is 14.9 Å². The highest BCUT2D eigenvalue weighted by Crippen LogP contribution is 2.14. The second kappa shape index (κ2) is 15.2. The van der Waals surface area contributed by atoms with Crippen LogP contribution in [0.4, 0.5) is 0 Å². The quantitative estimate of drug-likeness (QED) is 0.611. The summed E-state index contributed by atoms with van der Waals surface area (Å²) in [6, 6.07) is 0. The molecular weight excluding hydrogens is 216 g/mol. The van der Waals surface area contributed by atoms with E-state index in [4.69, 9.17) is 14.9 Å². The van der Waals surface area contributed by atoms with E-state index >= 15 is 0 Å². The third-order valence-electron chi connectivity index (χ3n) is 2.01. The van der Waals surface area contributed by atoms with Crippen molar-refractivity contribution in [2.24, 2.45) is 0 Å². The van der Waals surface area contributed by atoms with Gasteiger partial charge in [-0.25, -0.2) is 0 Å². The van der Waals surface area contributed by atoms with Gasteiger partial charge in [0.25, 0.3) is 0 Å². The molecule has 0 aromatic heterocycles. The highest BCUT2D eigenvalue weighted by Gasteiger charge is 1.98. The van der Waals surface area contributed by atoms with Crippen molar-refractivity contribution in [3.05, 3.63) is 24.7 Å². The van der Waals surface area contributed by atoms with Gasteiger partial charge in [0.05, 0.1) is 24.7 Å². The number of allylic oxidation sites excluding steroid dienone is 2. The van der Waals surface area contributed by atoms with Crippen LogP contribution in [0, 0.1) is 0 Å². The van der Waals surface area contributed by atoms with E-state index in [0.717, 1.165) is 37.2 Å². The number of unbranched alkanes of at least 4 members (excludes halogenated alkanes) is 2. The Morgan fingerprint density at radius 3 is 1.47 bits per heavy atom. The van der Waals surface area contributed by atoms with Crippen LogP contribution in [-0.4, -0.2) is 23.4 Å². The van der Waals surface area contributed by atoms with Crippen LogP contribution in [0.5, 0.6) is 0 Å². The minimum atomic E-state index is -0.125. The van der Waals surface area contributed by atoms with Crippen molar-refractivity contribution in [1.29, 1.82) is 0 Å². The average Bonchev–Trinajstić information content (AvgIpc) is 2.34. The molecule has 2 N–H and O–H groups in total. The van der Waals surface area contributed by atoms with Gasteiger partial charge in [0.1, 0.15) is 0 Å². The van der Waals surface area contributed by atoms with Gasteiger partial charge in [0, 0.05) is 12.8 Å². The summed E-state index contributed by atoms with van der Waals surface area (Å²) in [5, 5.41) is 15.2. The number of aliphatic hydroxyl groups excluding tert-OH is 2. The van der Waals surface area contributed by atoms with Crippen molar-refractivity contribution in [2.45, 2.75) is 52.4 Å². The third kappa shape index (κ3) is 17.8. The van der Waals surface area contributed by atoms with Crippen LogP contribution in [0.3, 0.4) is 0 Å². The molecule has 0 saturated heterocycles. The average molecular weight is 244 g/mol. The van der Waals surface area contributed by atoms with Crippen molar-refractivity contribution in [3.8, 4) is 0 Å². The van der Waals surface area contributed by atoms with Gasteiger partial charge in [-0.1, -0.05) is 39.8 Å². The summed E-state index contributed by atoms with van der Waals surface area (Å²) in [6.45, 7) is 11.8. The molecule has 0 aromatic rings. The molecule has 0 spiro atoms. The third-order valence-corrected chi connectivity index (χ3v) is 2.01. The van der Waals surface area contributed by atoms with Crippen LogP contribution >= 0.6 is 0 Å². The molecule has 0 unspecified atom stereocenters. The lowest BCUT2D eigenvalue weighted by Crippen LogP contribution is -1.91. The topological polar surface area (TPSA) is 49.7 Å². The van der Waals surface area contributed by atoms with Crippen LogP contribution in [0.25, 0.3) is 0 Å². The highest BCUT2D eigenvalue weighted by molar-refractivity contribution is 4.92. The Kier molecular flexibility index (Phi) is 16.6. The largest absolute Gasteiger partial charge is 0.467 e. The van der Waals surface area contributed by atoms with Crippen molar-refractivity contribution in [1.82, 2.24) is 0 Å². The zero-order valence-electron chi connectivity index (χ0n) is 11.4. The van der Waals surface area contributed by atoms with E-state index in [1.54, 1.807) is 0 Å². The van der Waals surface area contributed by atoms with Gasteiger partial charge in [-0.05, 0) is 12.8 Å². The molecule has 0 rings (SSSR count). The molecule has 0 saturated carbocycles. The molecule has 3 heteroatoms. The van der Waals surface area contributed by atoms with Gasteiger partial charge in [0.15, 0.2) is 0 Å². The van der Waals surface area contributed by atoms with Crippen LogP contribution in [-0.2, 0) is 4.74 Å². The minimum absolute atomic E-state index is 0.125. The maximum atomic E-state index is 7.62. The van der Waals surface area contributed by atoms with E-state index in [0.29, 0.717) is 0 Å². The van der Waals surface area contributed by atoms with Gasteiger partial charge in [-0.15, -0.1) is 0 Å². The standard InChI is InChI=1S/C12H22O.C2H6O2/c1-5-7-9-11(3)13-12(4)10-8-6-2;3-1-2-4/h3-10H2,1-2H3;3-4H,1-2H2. The molecule has 0 aliphatic carbocycles. The molecule has 0 fully saturated rings. The second-order valence-corrected chi connectivity index (χ2v) is 3.83. The Balaban J connectivity index is 0. The lowest BCUT2D eigenvalue weighted by Gasteiger charge is -2.10. The monoisotopic (exact) mass is 244 g/mol. The van der Waals surface area contributed by atoms with Crippen LogP contribution in [0.2, 0.25) is 0 Å². The lowest BCUT2D eigenvalue weighted by molar-refractivity contribution is 0.186. The van der Waals surface area contributed by atoms with Crippen LogP contribution in [0.1, 0.15) is 52.4 Å². The zero-order valence-corrected chi connectivity index (χ0v) is 11.4. The van der Waals surface area contributed by atoms with Crippen molar-refractivity contribution in [2.75, 3.05) is 13.2 Å². The predicted molar refractivity (Wildman–Crippen MR) is 72.6 cm³/mol. The van der Waals surface area contributed by atoms with E-state index < -0.39 is 0 Å². The fourth-order valence-corrected chi connectivity index (χ4v) is 1.05. The molecule has 17 heavy (non-hydrogen) atoms. The van der Waals surface area contributed by atoms with E-state index in [-0.39, 0.29) is 13.2 Å². The van der Waals surface area contributed by atoms with E-state index in [1.807, 2.05) is 0 Å². The smallest absolute Gasteiger partial charge is 0.0964 e. The Labute approximate surface area is 106 Å². The predicted octanol–water partition coefficient (Wildman–Crippen LogP) is 3.38. The first-order chi connectivity index (χ1) is 8.12. The highest BCUT2D eigenvalue weighted by atomic mass is 16.5. The summed E-state index contributed by atoms with van der Waals surface area (Å²) in [7, 11) is 0. The zero-order chi connectivity index (χ0) is 13.5. The molecule has 0 atom stereocenters. The molecule has 0 aliphatic heterocycles. The number of hydrogen-bond donors (Lipinski definition) is 2. The number of ether oxygens (including phenoxy) is 1. The summed E-state index contributed by atoms with van der Waals surface area (Å²) < 4.78 is 5.47. The summed E-state index contributed by atoms with van der Waals surface area (Å²) in [5.74, 6) is 1.73. The Bertz CT molecular complexity index is 168. The number of hydrogen-bond acceptors (Lipinski definition) is 3. The molecule has 0 bridgehead atoms. The fourth-order valence-electron chi connectivity index (χ4n) is 1.05. The van der Waals surface area contributed by atoms with Crippen molar-refractivity contribution < 1.29 is 14.9 Å². The Hall–Kier alpha value is -0.800. The van der Waals surface area contributed by atoms with Crippen molar-refractivity contribution >= 4 is 0 Å². The fraction of sp³-hybridized carbons (Fsp3) is 0.714. The maximum Gasteiger partial charge on any atom is 0.0964 e. The molecule has 3 nitrogen and oxygen atoms in total. The van der Waals surface area contributed by atoms with Gasteiger partial charge >= 0.3 is 0 Å². The van der Waals surface area contributed by atoms with E-state index in [1.165, 1.54) is 12.8 Å². The molecule has 0 amide bonds. The molecule has 0 heterocycles. The van der Waals surface area contributed by atoms with Gasteiger partial charge in [0.2, 0.25) is 0 Å². The SMILES string of the molecule is C=C(CCCC)OC(=C)CCCC.OCCO. The maximum absolute atomic E-state index is 7.62. The minimum Gasteiger partial charge on any atom is -0.467 e. The Morgan fingerprint density at radius 1 is 0.882 bits per heavy atom. The number of rotatable bonds is 9. The summed E-state index contributed by atoms with van der Waals surface area (Å²) in [4.78, 5) is 0. The summed E-state index contributed by atoms with van der Waals surface area (Å²) >= 11 is 0. The first-order valence-corrected chi connectivity index (χ1v) is 6.37. The molecule has 0 aromatic carbocycles. The van der Waals surface area contributed by atoms with Crippen LogP contribution in [0.15, 0.2) is 24.7 Å². The summed E-state index contributed by atoms with van der Waals surface area (Å²) in [5.41, 5.74) is 0. The first-order valence-electron chi connectivity index (χ1n) is 6.37.